The minimum Gasteiger partial charge on any atom is -0.666 e. The number of ether oxygens (including phenoxy) is 1. The molecule has 2 atom stereocenters. The number of hydrogen-bond acceptors (Lipinski definition) is 4. The van der Waals surface area contributed by atoms with Crippen molar-refractivity contribution in [3.8, 4) is 0 Å². The maximum absolute atomic E-state index is 8.82. The molecule has 1 radical (unpaired) electrons. The van der Waals surface area contributed by atoms with Gasteiger partial charge in [0.05, 0.1) is 12.7 Å². The molecule has 5 nitrogen and oxygen atoms in total. The molecular formula is C9H17N2O3Y-. The molecule has 0 saturated carbocycles. The maximum atomic E-state index is 8.82. The molecule has 15 heavy (non-hydrogen) atoms. The first kappa shape index (κ1) is 15.5. The molecule has 3 N–H and O–H groups in total. The van der Waals surface area contributed by atoms with Crippen LogP contribution in [0.1, 0.15) is 19.8 Å². The van der Waals surface area contributed by atoms with Crippen LogP contribution >= 0.6 is 0 Å². The standard InChI is InChI=1S/C9H17N2O3.Y/c1-7(5-11-13)4-10-9-3-2-8(6-12)14-9;/h4,8-9,11-13H,2-3,5-6H2,1H3;/q-1;/b7-4-;. The number of aliphatic hydroxyl groups excluding tert-OH is 1. The number of nitrogens with zero attached hydrogens (tertiary/aromatic N) is 1. The molecule has 1 saturated heterocycles. The Morgan fingerprint density at radius 3 is 2.87 bits per heavy atom. The Hall–Kier alpha value is 0.484. The second kappa shape index (κ2) is 8.61. The van der Waals surface area contributed by atoms with E-state index < -0.39 is 0 Å². The summed E-state index contributed by atoms with van der Waals surface area (Å²) in [6.45, 7) is 2.33. The summed E-state index contributed by atoms with van der Waals surface area (Å²) in [5.74, 6) is 0. The fraction of sp³-hybridized carbons (Fsp3) is 0.778. The van der Waals surface area contributed by atoms with Gasteiger partial charge in [0, 0.05) is 39.3 Å². The molecule has 2 unspecified atom stereocenters. The van der Waals surface area contributed by atoms with Crippen LogP contribution in [-0.2, 0) is 37.4 Å². The summed E-state index contributed by atoms with van der Waals surface area (Å²) in [6, 6.07) is 0. The third kappa shape index (κ3) is 5.95. The number of hydrogen-bond donors (Lipinski definition) is 3. The first-order chi connectivity index (χ1) is 6.76. The molecule has 6 heteroatoms. The van der Waals surface area contributed by atoms with E-state index in [2.05, 4.69) is 10.8 Å². The van der Waals surface area contributed by atoms with Crippen molar-refractivity contribution in [3.05, 3.63) is 17.1 Å². The molecule has 0 bridgehead atoms. The van der Waals surface area contributed by atoms with Gasteiger partial charge in [-0.25, -0.2) is 5.48 Å². The van der Waals surface area contributed by atoms with E-state index in [1.807, 2.05) is 6.92 Å². The summed E-state index contributed by atoms with van der Waals surface area (Å²) in [4.78, 5) is 0. The molecule has 0 aromatic heterocycles. The second-order valence-electron chi connectivity index (χ2n) is 3.43. The van der Waals surface area contributed by atoms with Crippen LogP contribution in [0, 0.1) is 0 Å². The SMILES string of the molecule is C/C(=C/[N-]C1CCC(CO)O1)CNO.[Y]. The predicted molar refractivity (Wildman–Crippen MR) is 51.9 cm³/mol. The second-order valence-corrected chi connectivity index (χ2v) is 3.43. The third-order valence-corrected chi connectivity index (χ3v) is 2.11. The Labute approximate surface area is 115 Å². The minimum atomic E-state index is -0.138. The predicted octanol–water partition coefficient (Wildman–Crippen LogP) is 0.738. The summed E-state index contributed by atoms with van der Waals surface area (Å²) >= 11 is 0. The minimum absolute atomic E-state index is 0. The molecule has 0 spiro atoms. The van der Waals surface area contributed by atoms with Crippen molar-refractivity contribution < 1.29 is 47.8 Å². The smallest absolute Gasteiger partial charge is 0.0789 e. The fourth-order valence-corrected chi connectivity index (χ4v) is 1.31. The summed E-state index contributed by atoms with van der Waals surface area (Å²) in [7, 11) is 0. The van der Waals surface area contributed by atoms with Crippen LogP contribution in [-0.4, -0.2) is 35.8 Å². The van der Waals surface area contributed by atoms with Crippen molar-refractivity contribution in [1.29, 1.82) is 0 Å². The Bertz CT molecular complexity index is 202. The average Bonchev–Trinajstić information content (AvgIpc) is 2.63. The van der Waals surface area contributed by atoms with E-state index in [0.29, 0.717) is 6.54 Å². The van der Waals surface area contributed by atoms with Crippen LogP contribution in [0.2, 0.25) is 0 Å². The van der Waals surface area contributed by atoms with E-state index in [9.17, 15) is 0 Å². The molecule has 1 aliphatic rings. The van der Waals surface area contributed by atoms with Crippen LogP contribution < -0.4 is 5.48 Å². The van der Waals surface area contributed by atoms with E-state index in [0.717, 1.165) is 18.4 Å². The van der Waals surface area contributed by atoms with Gasteiger partial charge in [-0.1, -0.05) is 5.57 Å². The van der Waals surface area contributed by atoms with Gasteiger partial charge in [0.15, 0.2) is 0 Å². The van der Waals surface area contributed by atoms with Gasteiger partial charge in [0.1, 0.15) is 0 Å². The summed E-state index contributed by atoms with van der Waals surface area (Å²) < 4.78 is 5.39. The summed E-state index contributed by atoms with van der Waals surface area (Å²) in [5, 5.41) is 21.4. The number of aliphatic hydroxyl groups is 1. The monoisotopic (exact) mass is 290 g/mol. The molecule has 0 aromatic carbocycles. The molecule has 0 amide bonds. The van der Waals surface area contributed by atoms with Crippen LogP contribution in [0.5, 0.6) is 0 Å². The zero-order chi connectivity index (χ0) is 10.4. The van der Waals surface area contributed by atoms with Gasteiger partial charge in [-0.05, 0) is 26.0 Å². The maximum Gasteiger partial charge on any atom is 0.0789 e. The third-order valence-electron chi connectivity index (χ3n) is 2.11. The molecular weight excluding hydrogens is 273 g/mol. The molecule has 85 valence electrons. The van der Waals surface area contributed by atoms with Crippen molar-refractivity contribution in [3.63, 3.8) is 0 Å². The Morgan fingerprint density at radius 1 is 1.60 bits per heavy atom. The first-order valence-corrected chi connectivity index (χ1v) is 4.75. The van der Waals surface area contributed by atoms with Crippen LogP contribution in [0.4, 0.5) is 0 Å². The van der Waals surface area contributed by atoms with Gasteiger partial charge in [-0.3, -0.25) is 0 Å². The molecule has 0 aliphatic carbocycles. The zero-order valence-corrected chi connectivity index (χ0v) is 11.7. The van der Waals surface area contributed by atoms with Gasteiger partial charge in [0.25, 0.3) is 0 Å². The summed E-state index contributed by atoms with van der Waals surface area (Å²) in [6.07, 6.45) is 3.19. The van der Waals surface area contributed by atoms with Gasteiger partial charge in [-0.2, -0.15) is 6.20 Å². The van der Waals surface area contributed by atoms with Crippen molar-refractivity contribution in [2.75, 3.05) is 13.2 Å². The quantitative estimate of drug-likeness (QED) is 0.653. The van der Waals surface area contributed by atoms with E-state index in [1.54, 1.807) is 6.20 Å². The normalized spacial score (nSPS) is 26.2. The topological polar surface area (TPSA) is 75.8 Å². The van der Waals surface area contributed by atoms with Gasteiger partial charge < -0.3 is 20.4 Å². The number of rotatable bonds is 5. The van der Waals surface area contributed by atoms with Crippen LogP contribution in [0.15, 0.2) is 11.8 Å². The van der Waals surface area contributed by atoms with Gasteiger partial charge in [0.2, 0.25) is 0 Å². The van der Waals surface area contributed by atoms with Crippen LogP contribution in [0.3, 0.4) is 0 Å². The van der Waals surface area contributed by atoms with E-state index in [1.165, 1.54) is 0 Å². The van der Waals surface area contributed by atoms with Gasteiger partial charge >= 0.3 is 0 Å². The van der Waals surface area contributed by atoms with Gasteiger partial charge in [-0.15, -0.1) is 0 Å². The number of nitrogens with one attached hydrogen (secondary N) is 1. The first-order valence-electron chi connectivity index (χ1n) is 4.75. The largest absolute Gasteiger partial charge is 0.666 e. The van der Waals surface area contributed by atoms with Crippen molar-refractivity contribution in [2.45, 2.75) is 32.1 Å². The molecule has 1 aliphatic heterocycles. The number of hydroxylamine groups is 1. The molecule has 1 heterocycles. The Morgan fingerprint density at radius 2 is 2.33 bits per heavy atom. The van der Waals surface area contributed by atoms with Crippen LogP contribution in [0.25, 0.3) is 5.32 Å². The molecule has 0 aromatic rings. The average molecular weight is 290 g/mol. The van der Waals surface area contributed by atoms with Crippen molar-refractivity contribution in [2.24, 2.45) is 0 Å². The van der Waals surface area contributed by atoms with E-state index >= 15 is 0 Å². The molecule has 1 fully saturated rings. The molecule has 1 rings (SSSR count). The Balaban J connectivity index is 0.00000196. The zero-order valence-electron chi connectivity index (χ0n) is 8.89. The van der Waals surface area contributed by atoms with Crippen molar-refractivity contribution >= 4 is 0 Å². The summed E-state index contributed by atoms with van der Waals surface area (Å²) in [5.41, 5.74) is 2.99. The fourth-order valence-electron chi connectivity index (χ4n) is 1.31. The Kier molecular flexibility index (Phi) is 8.89. The van der Waals surface area contributed by atoms with E-state index in [4.69, 9.17) is 15.1 Å². The van der Waals surface area contributed by atoms with Crippen molar-refractivity contribution in [1.82, 2.24) is 5.48 Å². The van der Waals surface area contributed by atoms with E-state index in [-0.39, 0.29) is 51.6 Å².